The third-order valence-electron chi connectivity index (χ3n) is 2.54. The van der Waals surface area contributed by atoms with Gasteiger partial charge in [0.25, 0.3) is 0 Å². The van der Waals surface area contributed by atoms with Crippen LogP contribution in [0.15, 0.2) is 30.3 Å². The quantitative estimate of drug-likeness (QED) is 0.677. The summed E-state index contributed by atoms with van der Waals surface area (Å²) in [6.45, 7) is 1.50. The smallest absolute Gasteiger partial charge is 0.416 e. The highest BCUT2D eigenvalue weighted by Crippen LogP contribution is 2.29. The molecule has 1 unspecified atom stereocenters. The number of ether oxygens (including phenoxy) is 1. The Labute approximate surface area is 108 Å². The number of halogens is 3. The fourth-order valence-corrected chi connectivity index (χ4v) is 1.28. The minimum Gasteiger partial charge on any atom is -0.507 e. The van der Waals surface area contributed by atoms with Crippen molar-refractivity contribution in [3.8, 4) is 0 Å². The molecule has 3 nitrogen and oxygen atoms in total. The number of benzene rings is 1. The van der Waals surface area contributed by atoms with Gasteiger partial charge < -0.3 is 9.84 Å². The summed E-state index contributed by atoms with van der Waals surface area (Å²) in [5.74, 6) is -0.873. The predicted molar refractivity (Wildman–Crippen MR) is 63.5 cm³/mol. The van der Waals surface area contributed by atoms with Crippen molar-refractivity contribution in [2.45, 2.75) is 19.2 Å². The fourth-order valence-electron chi connectivity index (χ4n) is 1.28. The predicted octanol–water partition coefficient (Wildman–Crippen LogP) is 3.21. The van der Waals surface area contributed by atoms with Crippen LogP contribution < -0.4 is 0 Å². The monoisotopic (exact) mass is 274 g/mol. The van der Waals surface area contributed by atoms with E-state index in [4.69, 9.17) is 4.74 Å². The van der Waals surface area contributed by atoms with E-state index in [1.807, 2.05) is 0 Å². The maximum atomic E-state index is 12.3. The lowest BCUT2D eigenvalue weighted by Crippen LogP contribution is -2.16. The summed E-state index contributed by atoms with van der Waals surface area (Å²) in [6, 6.07) is 3.87. The highest BCUT2D eigenvalue weighted by Gasteiger charge is 2.30. The average molecular weight is 274 g/mol. The Kier molecular flexibility index (Phi) is 4.72. The summed E-state index contributed by atoms with van der Waals surface area (Å²) < 4.78 is 41.8. The molecule has 1 aromatic rings. The molecule has 1 aromatic carbocycles. The first kappa shape index (κ1) is 15.2. The highest BCUT2D eigenvalue weighted by atomic mass is 19.4. The van der Waals surface area contributed by atoms with Crippen LogP contribution in [0.5, 0.6) is 0 Å². The number of alkyl halides is 3. The standard InChI is InChI=1S/C13H13F3O3/c1-8(19-2)11(17)7-12(18)9-3-5-10(6-4-9)13(14,15)16/h3-8,18H,1-2H3. The first-order valence-electron chi connectivity index (χ1n) is 5.40. The summed E-state index contributed by atoms with van der Waals surface area (Å²) in [5.41, 5.74) is -0.690. The number of methoxy groups -OCH3 is 1. The van der Waals surface area contributed by atoms with E-state index in [1.165, 1.54) is 14.0 Å². The Morgan fingerprint density at radius 1 is 1.32 bits per heavy atom. The SMILES string of the molecule is COC(C)C(=O)C=C(O)c1ccc(C(F)(F)F)cc1. The molecular formula is C13H13F3O3. The second-order valence-corrected chi connectivity index (χ2v) is 3.88. The van der Waals surface area contributed by atoms with E-state index in [0.717, 1.165) is 30.3 Å². The maximum Gasteiger partial charge on any atom is 0.416 e. The lowest BCUT2D eigenvalue weighted by atomic mass is 10.1. The van der Waals surface area contributed by atoms with E-state index >= 15 is 0 Å². The molecule has 0 aliphatic rings. The molecule has 1 atom stereocenters. The van der Waals surface area contributed by atoms with Crippen LogP contribution in [0.3, 0.4) is 0 Å². The third-order valence-corrected chi connectivity index (χ3v) is 2.54. The molecule has 0 aliphatic carbocycles. The Morgan fingerprint density at radius 3 is 2.26 bits per heavy atom. The lowest BCUT2D eigenvalue weighted by Gasteiger charge is -2.08. The summed E-state index contributed by atoms with van der Waals surface area (Å²) in [6.07, 6.45) is -4.23. The Bertz CT molecular complexity index is 475. The Hall–Kier alpha value is -1.82. The van der Waals surface area contributed by atoms with Crippen LogP contribution in [0.1, 0.15) is 18.1 Å². The van der Waals surface area contributed by atoms with Crippen LogP contribution in [-0.2, 0) is 15.7 Å². The number of carbonyl (C=O) groups excluding carboxylic acids is 1. The van der Waals surface area contributed by atoms with Gasteiger partial charge in [-0.25, -0.2) is 0 Å². The molecule has 6 heteroatoms. The van der Waals surface area contributed by atoms with Gasteiger partial charge in [-0.1, -0.05) is 12.1 Å². The molecule has 0 heterocycles. The van der Waals surface area contributed by atoms with Crippen LogP contribution in [0, 0.1) is 0 Å². The summed E-state index contributed by atoms with van der Waals surface area (Å²) in [5, 5.41) is 9.63. The van der Waals surface area contributed by atoms with E-state index < -0.39 is 29.4 Å². The molecule has 1 N–H and O–H groups in total. The van der Waals surface area contributed by atoms with Crippen molar-refractivity contribution in [1.82, 2.24) is 0 Å². The second-order valence-electron chi connectivity index (χ2n) is 3.88. The number of hydrogen-bond donors (Lipinski definition) is 1. The van der Waals surface area contributed by atoms with Gasteiger partial charge in [0.15, 0.2) is 5.78 Å². The first-order valence-corrected chi connectivity index (χ1v) is 5.40. The van der Waals surface area contributed by atoms with Crippen molar-refractivity contribution in [2.24, 2.45) is 0 Å². The minimum atomic E-state index is -4.43. The van der Waals surface area contributed by atoms with Gasteiger partial charge in [0, 0.05) is 18.7 Å². The van der Waals surface area contributed by atoms with E-state index in [-0.39, 0.29) is 5.56 Å². The van der Waals surface area contributed by atoms with Gasteiger partial charge in [-0.15, -0.1) is 0 Å². The zero-order valence-electron chi connectivity index (χ0n) is 10.4. The van der Waals surface area contributed by atoms with Crippen LogP contribution in [0.2, 0.25) is 0 Å². The fraction of sp³-hybridized carbons (Fsp3) is 0.308. The molecule has 0 aliphatic heterocycles. The van der Waals surface area contributed by atoms with E-state index in [0.29, 0.717) is 0 Å². The number of aliphatic hydroxyl groups is 1. The molecule has 0 bridgehead atoms. The summed E-state index contributed by atoms with van der Waals surface area (Å²) in [7, 11) is 1.34. The number of ketones is 1. The van der Waals surface area contributed by atoms with Crippen molar-refractivity contribution in [1.29, 1.82) is 0 Å². The number of carbonyl (C=O) groups is 1. The molecule has 104 valence electrons. The van der Waals surface area contributed by atoms with E-state index in [1.54, 1.807) is 0 Å². The molecule has 0 saturated carbocycles. The molecule has 0 spiro atoms. The largest absolute Gasteiger partial charge is 0.507 e. The van der Waals surface area contributed by atoms with Gasteiger partial charge in [-0.2, -0.15) is 13.2 Å². The molecule has 19 heavy (non-hydrogen) atoms. The molecule has 0 saturated heterocycles. The van der Waals surface area contributed by atoms with Gasteiger partial charge in [-0.05, 0) is 19.1 Å². The maximum absolute atomic E-state index is 12.3. The van der Waals surface area contributed by atoms with E-state index in [2.05, 4.69) is 0 Å². The third kappa shape index (κ3) is 4.10. The van der Waals surface area contributed by atoms with Crippen molar-refractivity contribution in [3.05, 3.63) is 41.5 Å². The van der Waals surface area contributed by atoms with E-state index in [9.17, 15) is 23.1 Å². The topological polar surface area (TPSA) is 46.5 Å². The van der Waals surface area contributed by atoms with Crippen molar-refractivity contribution in [2.75, 3.05) is 7.11 Å². The number of hydrogen-bond acceptors (Lipinski definition) is 3. The normalized spacial score (nSPS) is 14.3. The average Bonchev–Trinajstić information content (AvgIpc) is 2.36. The van der Waals surface area contributed by atoms with Crippen LogP contribution in [0.4, 0.5) is 13.2 Å². The van der Waals surface area contributed by atoms with Crippen LogP contribution >= 0.6 is 0 Å². The molecule has 1 rings (SSSR count). The van der Waals surface area contributed by atoms with Gasteiger partial charge in [-0.3, -0.25) is 4.79 Å². The molecule has 0 fully saturated rings. The molecular weight excluding hydrogens is 261 g/mol. The zero-order chi connectivity index (χ0) is 14.6. The Balaban J connectivity index is 2.92. The summed E-state index contributed by atoms with van der Waals surface area (Å²) in [4.78, 5) is 11.4. The van der Waals surface area contributed by atoms with Gasteiger partial charge >= 0.3 is 6.18 Å². The van der Waals surface area contributed by atoms with Gasteiger partial charge in [0.1, 0.15) is 11.9 Å². The zero-order valence-corrected chi connectivity index (χ0v) is 10.4. The first-order chi connectivity index (χ1) is 8.75. The van der Waals surface area contributed by atoms with Crippen LogP contribution in [-0.4, -0.2) is 24.1 Å². The molecule has 0 radical (unpaired) electrons. The van der Waals surface area contributed by atoms with Crippen molar-refractivity contribution < 1.29 is 27.8 Å². The van der Waals surface area contributed by atoms with Gasteiger partial charge in [0.05, 0.1) is 5.56 Å². The second kappa shape index (κ2) is 5.88. The van der Waals surface area contributed by atoms with Crippen molar-refractivity contribution >= 4 is 11.5 Å². The lowest BCUT2D eigenvalue weighted by molar-refractivity contribution is -0.137. The highest BCUT2D eigenvalue weighted by molar-refractivity contribution is 5.98. The number of rotatable bonds is 4. The van der Waals surface area contributed by atoms with Gasteiger partial charge in [0.2, 0.25) is 0 Å². The number of aliphatic hydroxyl groups excluding tert-OH is 1. The molecule has 0 amide bonds. The summed E-state index contributed by atoms with van der Waals surface area (Å²) >= 11 is 0. The van der Waals surface area contributed by atoms with Crippen molar-refractivity contribution in [3.63, 3.8) is 0 Å². The van der Waals surface area contributed by atoms with Crippen LogP contribution in [0.25, 0.3) is 5.76 Å². The minimum absolute atomic E-state index is 0.129. The Morgan fingerprint density at radius 2 is 1.84 bits per heavy atom. The molecule has 0 aromatic heterocycles.